The Kier molecular flexibility index (Phi) is 4.70. The van der Waals surface area contributed by atoms with Gasteiger partial charge in [0.2, 0.25) is 0 Å². The Morgan fingerprint density at radius 1 is 1.41 bits per heavy atom. The molecule has 0 saturated carbocycles. The molecule has 0 radical (unpaired) electrons. The fraction of sp³-hybridized carbons (Fsp3) is 0.375. The number of hydrogen-bond donors (Lipinski definition) is 1. The van der Waals surface area contributed by atoms with E-state index in [4.69, 9.17) is 9.84 Å². The van der Waals surface area contributed by atoms with Crippen LogP contribution in [0.4, 0.5) is 0 Å². The Hall–Kier alpha value is -1.92. The van der Waals surface area contributed by atoms with Crippen LogP contribution in [-0.4, -0.2) is 34.0 Å². The number of aromatic nitrogens is 1. The number of nitrogens with zero attached hydrogens (tertiary/aromatic N) is 2. The summed E-state index contributed by atoms with van der Waals surface area (Å²) in [7, 11) is 0. The first-order valence-electron chi connectivity index (χ1n) is 7.27. The summed E-state index contributed by atoms with van der Waals surface area (Å²) < 4.78 is 5.68. The van der Waals surface area contributed by atoms with Crippen LogP contribution in [0.1, 0.15) is 17.1 Å². The van der Waals surface area contributed by atoms with Gasteiger partial charge in [-0.15, -0.1) is 11.3 Å². The molecule has 6 heteroatoms. The summed E-state index contributed by atoms with van der Waals surface area (Å²) in [6, 6.07) is 9.67. The lowest BCUT2D eigenvalue weighted by molar-refractivity contribution is -0.141. The zero-order chi connectivity index (χ0) is 15.4. The number of aliphatic carboxylic acids is 1. The molecule has 1 N–H and O–H groups in total. The van der Waals surface area contributed by atoms with Gasteiger partial charge in [0.05, 0.1) is 11.6 Å². The fourth-order valence-electron chi connectivity index (χ4n) is 2.56. The van der Waals surface area contributed by atoms with E-state index in [2.05, 4.69) is 9.88 Å². The SMILES string of the molecule is O=C(O)C1CCN(Cc2csc(COc3ccccc3)n2)C1. The van der Waals surface area contributed by atoms with E-state index in [1.54, 1.807) is 11.3 Å². The number of carboxylic acid groups (broad SMARTS) is 1. The van der Waals surface area contributed by atoms with Crippen molar-refractivity contribution in [2.75, 3.05) is 13.1 Å². The molecule has 5 nitrogen and oxygen atoms in total. The Balaban J connectivity index is 1.50. The summed E-state index contributed by atoms with van der Waals surface area (Å²) in [6.07, 6.45) is 0.726. The first-order chi connectivity index (χ1) is 10.7. The molecule has 0 bridgehead atoms. The molecule has 1 aromatic carbocycles. The van der Waals surface area contributed by atoms with Gasteiger partial charge < -0.3 is 9.84 Å². The van der Waals surface area contributed by atoms with E-state index in [1.165, 1.54) is 0 Å². The molecule has 1 unspecified atom stereocenters. The first-order valence-corrected chi connectivity index (χ1v) is 8.15. The Bertz CT molecular complexity index is 629. The van der Waals surface area contributed by atoms with Gasteiger partial charge in [-0.3, -0.25) is 9.69 Å². The highest BCUT2D eigenvalue weighted by Gasteiger charge is 2.28. The van der Waals surface area contributed by atoms with Crippen LogP contribution in [0.2, 0.25) is 0 Å². The Morgan fingerprint density at radius 3 is 2.95 bits per heavy atom. The molecule has 1 fully saturated rings. The van der Waals surface area contributed by atoms with Crippen LogP contribution in [0.5, 0.6) is 5.75 Å². The van der Waals surface area contributed by atoms with E-state index >= 15 is 0 Å². The average Bonchev–Trinajstić information content (AvgIpc) is 3.16. The molecule has 1 aromatic heterocycles. The average molecular weight is 318 g/mol. The van der Waals surface area contributed by atoms with Gasteiger partial charge in [-0.05, 0) is 25.1 Å². The van der Waals surface area contributed by atoms with Crippen LogP contribution in [0.3, 0.4) is 0 Å². The van der Waals surface area contributed by atoms with Crippen molar-refractivity contribution in [3.63, 3.8) is 0 Å². The van der Waals surface area contributed by atoms with Gasteiger partial charge in [0.15, 0.2) is 0 Å². The lowest BCUT2D eigenvalue weighted by Crippen LogP contribution is -2.23. The van der Waals surface area contributed by atoms with Crippen molar-refractivity contribution >= 4 is 17.3 Å². The standard InChI is InChI=1S/C16H18N2O3S/c19-16(20)12-6-7-18(8-12)9-13-11-22-15(17-13)10-21-14-4-2-1-3-5-14/h1-5,11-12H,6-10H2,(H,19,20). The number of carbonyl (C=O) groups is 1. The predicted molar refractivity (Wildman–Crippen MR) is 83.9 cm³/mol. The topological polar surface area (TPSA) is 62.7 Å². The van der Waals surface area contributed by atoms with E-state index in [9.17, 15) is 4.79 Å². The highest BCUT2D eigenvalue weighted by atomic mass is 32.1. The molecule has 1 atom stereocenters. The van der Waals surface area contributed by atoms with Crippen LogP contribution < -0.4 is 4.74 Å². The van der Waals surface area contributed by atoms with Crippen molar-refractivity contribution in [2.45, 2.75) is 19.6 Å². The Morgan fingerprint density at radius 2 is 2.23 bits per heavy atom. The number of rotatable bonds is 6. The molecular weight excluding hydrogens is 300 g/mol. The van der Waals surface area contributed by atoms with E-state index in [0.717, 1.165) is 29.4 Å². The van der Waals surface area contributed by atoms with Crippen molar-refractivity contribution in [3.05, 3.63) is 46.4 Å². The number of para-hydroxylation sites is 1. The summed E-state index contributed by atoms with van der Waals surface area (Å²) in [5.74, 6) is -0.0969. The molecule has 0 amide bonds. The van der Waals surface area contributed by atoms with Crippen molar-refractivity contribution in [3.8, 4) is 5.75 Å². The molecule has 2 heterocycles. The maximum absolute atomic E-state index is 11.0. The minimum Gasteiger partial charge on any atom is -0.486 e. The third kappa shape index (κ3) is 3.84. The maximum atomic E-state index is 11.0. The van der Waals surface area contributed by atoms with E-state index in [0.29, 0.717) is 19.7 Å². The molecule has 22 heavy (non-hydrogen) atoms. The van der Waals surface area contributed by atoms with Gasteiger partial charge in [-0.1, -0.05) is 18.2 Å². The monoisotopic (exact) mass is 318 g/mol. The molecule has 2 aromatic rings. The zero-order valence-corrected chi connectivity index (χ0v) is 13.0. The third-order valence-electron chi connectivity index (χ3n) is 3.71. The second-order valence-corrected chi connectivity index (χ2v) is 6.34. The number of hydrogen-bond acceptors (Lipinski definition) is 5. The summed E-state index contributed by atoms with van der Waals surface area (Å²) in [5.41, 5.74) is 0.989. The fourth-order valence-corrected chi connectivity index (χ4v) is 3.25. The quantitative estimate of drug-likeness (QED) is 0.887. The van der Waals surface area contributed by atoms with Crippen molar-refractivity contribution < 1.29 is 14.6 Å². The summed E-state index contributed by atoms with van der Waals surface area (Å²) in [5, 5.41) is 12.0. The van der Waals surface area contributed by atoms with Gasteiger partial charge in [0, 0.05) is 18.5 Å². The van der Waals surface area contributed by atoms with Crippen LogP contribution >= 0.6 is 11.3 Å². The maximum Gasteiger partial charge on any atom is 0.307 e. The molecule has 1 saturated heterocycles. The van der Waals surface area contributed by atoms with Gasteiger partial charge in [-0.2, -0.15) is 0 Å². The van der Waals surface area contributed by atoms with Gasteiger partial charge >= 0.3 is 5.97 Å². The smallest absolute Gasteiger partial charge is 0.307 e. The molecule has 116 valence electrons. The predicted octanol–water partition coefficient (Wildman–Crippen LogP) is 2.63. The molecule has 0 spiro atoms. The van der Waals surface area contributed by atoms with E-state index in [1.807, 2.05) is 35.7 Å². The molecular formula is C16H18N2O3S. The number of thiazole rings is 1. The summed E-state index contributed by atoms with van der Waals surface area (Å²) in [4.78, 5) is 17.7. The van der Waals surface area contributed by atoms with Gasteiger partial charge in [-0.25, -0.2) is 4.98 Å². The lowest BCUT2D eigenvalue weighted by atomic mass is 10.1. The lowest BCUT2D eigenvalue weighted by Gasteiger charge is -2.12. The van der Waals surface area contributed by atoms with Crippen LogP contribution in [-0.2, 0) is 17.9 Å². The van der Waals surface area contributed by atoms with Gasteiger partial charge in [0.25, 0.3) is 0 Å². The van der Waals surface area contributed by atoms with Crippen LogP contribution in [0, 0.1) is 5.92 Å². The highest BCUT2D eigenvalue weighted by Crippen LogP contribution is 2.20. The first kappa shape index (κ1) is 15.0. The second kappa shape index (κ2) is 6.89. The van der Waals surface area contributed by atoms with E-state index < -0.39 is 5.97 Å². The van der Waals surface area contributed by atoms with Gasteiger partial charge in [0.1, 0.15) is 17.4 Å². The molecule has 3 rings (SSSR count). The van der Waals surface area contributed by atoms with Crippen molar-refractivity contribution in [1.82, 2.24) is 9.88 Å². The summed E-state index contributed by atoms with van der Waals surface area (Å²) >= 11 is 1.58. The minimum atomic E-state index is -0.697. The Labute approximate surface area is 133 Å². The number of likely N-dealkylation sites (tertiary alicyclic amines) is 1. The van der Waals surface area contributed by atoms with Crippen LogP contribution in [0.25, 0.3) is 0 Å². The number of benzene rings is 1. The summed E-state index contributed by atoms with van der Waals surface area (Å²) in [6.45, 7) is 2.62. The number of ether oxygens (including phenoxy) is 1. The number of carboxylic acids is 1. The second-order valence-electron chi connectivity index (χ2n) is 5.39. The van der Waals surface area contributed by atoms with Crippen LogP contribution in [0.15, 0.2) is 35.7 Å². The molecule has 1 aliphatic rings. The highest BCUT2D eigenvalue weighted by molar-refractivity contribution is 7.09. The molecule has 1 aliphatic heterocycles. The van der Waals surface area contributed by atoms with Crippen molar-refractivity contribution in [2.24, 2.45) is 5.92 Å². The normalized spacial score (nSPS) is 18.5. The minimum absolute atomic E-state index is 0.237. The zero-order valence-electron chi connectivity index (χ0n) is 12.1. The van der Waals surface area contributed by atoms with E-state index in [-0.39, 0.29) is 5.92 Å². The third-order valence-corrected chi connectivity index (χ3v) is 4.58. The van der Waals surface area contributed by atoms with Crippen molar-refractivity contribution in [1.29, 1.82) is 0 Å². The molecule has 0 aliphatic carbocycles. The largest absolute Gasteiger partial charge is 0.486 e.